The van der Waals surface area contributed by atoms with E-state index in [0.717, 1.165) is 24.1 Å². The number of aliphatic hydroxyl groups is 1. The molecule has 4 nitrogen and oxygen atoms in total. The summed E-state index contributed by atoms with van der Waals surface area (Å²) in [5.41, 5.74) is 8.70. The molecule has 21 heavy (non-hydrogen) atoms. The highest BCUT2D eigenvalue weighted by molar-refractivity contribution is 5.33. The molecular formula is C17H23N3O. The average molecular weight is 285 g/mol. The lowest BCUT2D eigenvalue weighted by Gasteiger charge is -2.15. The molecule has 0 amide bonds. The van der Waals surface area contributed by atoms with E-state index in [2.05, 4.69) is 41.5 Å². The van der Waals surface area contributed by atoms with Crippen LogP contribution in [0.15, 0.2) is 42.5 Å². The van der Waals surface area contributed by atoms with Gasteiger partial charge in [0.25, 0.3) is 0 Å². The van der Waals surface area contributed by atoms with Crippen LogP contribution in [0.25, 0.3) is 0 Å². The number of aliphatic hydroxyl groups excluding tert-OH is 1. The van der Waals surface area contributed by atoms with E-state index >= 15 is 0 Å². The van der Waals surface area contributed by atoms with Crippen molar-refractivity contribution in [1.29, 1.82) is 0 Å². The maximum Gasteiger partial charge on any atom is 0.123 e. The monoisotopic (exact) mass is 285 g/mol. The summed E-state index contributed by atoms with van der Waals surface area (Å²) in [6, 6.07) is 14.4. The number of nitrogen functional groups attached to an aromatic ring is 1. The Hall–Kier alpha value is -1.91. The molecule has 0 saturated carbocycles. The Morgan fingerprint density at radius 3 is 2.67 bits per heavy atom. The van der Waals surface area contributed by atoms with Gasteiger partial charge in [0.15, 0.2) is 0 Å². The molecule has 0 saturated heterocycles. The first kappa shape index (κ1) is 15.5. The molecule has 2 rings (SSSR count). The van der Waals surface area contributed by atoms with E-state index in [0.29, 0.717) is 18.4 Å². The van der Waals surface area contributed by atoms with E-state index in [4.69, 9.17) is 5.73 Å². The second kappa shape index (κ2) is 7.76. The molecular weight excluding hydrogens is 262 g/mol. The number of nitrogens with two attached hydrogens (primary N) is 1. The van der Waals surface area contributed by atoms with Gasteiger partial charge in [-0.1, -0.05) is 36.4 Å². The van der Waals surface area contributed by atoms with Gasteiger partial charge in [-0.2, -0.15) is 0 Å². The molecule has 1 aromatic heterocycles. The average Bonchev–Trinajstić information content (AvgIpc) is 2.52. The van der Waals surface area contributed by atoms with Crippen LogP contribution in [0.2, 0.25) is 0 Å². The molecule has 0 bridgehead atoms. The molecule has 0 radical (unpaired) electrons. The van der Waals surface area contributed by atoms with Gasteiger partial charge in [-0.25, -0.2) is 4.98 Å². The predicted molar refractivity (Wildman–Crippen MR) is 85.6 cm³/mol. The smallest absolute Gasteiger partial charge is 0.123 e. The van der Waals surface area contributed by atoms with Gasteiger partial charge < -0.3 is 16.2 Å². The van der Waals surface area contributed by atoms with E-state index in [9.17, 15) is 5.11 Å². The SMILES string of the molecule is CC(CCc1ccccc1)NCc1nc(N)ccc1CO. The van der Waals surface area contributed by atoms with Crippen LogP contribution >= 0.6 is 0 Å². The van der Waals surface area contributed by atoms with Gasteiger partial charge in [0.05, 0.1) is 12.3 Å². The van der Waals surface area contributed by atoms with E-state index in [-0.39, 0.29) is 6.61 Å². The fourth-order valence-electron chi connectivity index (χ4n) is 2.24. The summed E-state index contributed by atoms with van der Waals surface area (Å²) in [5.74, 6) is 0.487. The highest BCUT2D eigenvalue weighted by atomic mass is 16.3. The molecule has 2 aromatic rings. The summed E-state index contributed by atoms with van der Waals surface area (Å²) in [7, 11) is 0. The number of nitrogens with zero attached hydrogens (tertiary/aromatic N) is 1. The lowest BCUT2D eigenvalue weighted by atomic mass is 10.1. The zero-order valence-corrected chi connectivity index (χ0v) is 12.4. The van der Waals surface area contributed by atoms with E-state index < -0.39 is 0 Å². The van der Waals surface area contributed by atoms with E-state index in [1.54, 1.807) is 6.07 Å². The minimum absolute atomic E-state index is 0.0112. The number of benzene rings is 1. The normalized spacial score (nSPS) is 12.3. The maximum atomic E-state index is 9.32. The fraction of sp³-hybridized carbons (Fsp3) is 0.353. The largest absolute Gasteiger partial charge is 0.392 e. The summed E-state index contributed by atoms with van der Waals surface area (Å²) in [5, 5.41) is 12.8. The van der Waals surface area contributed by atoms with Crippen LogP contribution in [-0.2, 0) is 19.6 Å². The summed E-state index contributed by atoms with van der Waals surface area (Å²) in [6.45, 7) is 2.77. The third-order valence-electron chi connectivity index (χ3n) is 3.59. The maximum absolute atomic E-state index is 9.32. The van der Waals surface area contributed by atoms with Crippen LogP contribution in [0.1, 0.15) is 30.2 Å². The third kappa shape index (κ3) is 4.85. The van der Waals surface area contributed by atoms with Crippen molar-refractivity contribution in [3.63, 3.8) is 0 Å². The molecule has 4 N–H and O–H groups in total. The molecule has 0 aliphatic rings. The van der Waals surface area contributed by atoms with Crippen molar-refractivity contribution < 1.29 is 5.11 Å². The van der Waals surface area contributed by atoms with Crippen molar-refractivity contribution in [3.05, 3.63) is 59.3 Å². The molecule has 1 heterocycles. The number of hydrogen-bond donors (Lipinski definition) is 3. The molecule has 4 heteroatoms. The van der Waals surface area contributed by atoms with Crippen molar-refractivity contribution in [1.82, 2.24) is 10.3 Å². The number of pyridine rings is 1. The van der Waals surface area contributed by atoms with Crippen LogP contribution in [0, 0.1) is 0 Å². The predicted octanol–water partition coefficient (Wildman–Crippen LogP) is 2.27. The van der Waals surface area contributed by atoms with Crippen LogP contribution in [-0.4, -0.2) is 16.1 Å². The van der Waals surface area contributed by atoms with E-state index in [1.165, 1.54) is 5.56 Å². The van der Waals surface area contributed by atoms with Crippen molar-refractivity contribution >= 4 is 5.82 Å². The van der Waals surface area contributed by atoms with Crippen molar-refractivity contribution in [2.24, 2.45) is 0 Å². The second-order valence-electron chi connectivity index (χ2n) is 5.31. The van der Waals surface area contributed by atoms with Crippen molar-refractivity contribution in [3.8, 4) is 0 Å². The number of anilines is 1. The highest BCUT2D eigenvalue weighted by Crippen LogP contribution is 2.10. The van der Waals surface area contributed by atoms with Crippen LogP contribution in [0.4, 0.5) is 5.82 Å². The molecule has 0 aliphatic heterocycles. The second-order valence-corrected chi connectivity index (χ2v) is 5.31. The van der Waals surface area contributed by atoms with E-state index in [1.807, 2.05) is 12.1 Å². The first-order valence-corrected chi connectivity index (χ1v) is 7.31. The molecule has 1 aromatic carbocycles. The van der Waals surface area contributed by atoms with Gasteiger partial charge in [-0.15, -0.1) is 0 Å². The Balaban J connectivity index is 1.84. The quantitative estimate of drug-likeness (QED) is 0.730. The minimum Gasteiger partial charge on any atom is -0.392 e. The number of rotatable bonds is 7. The molecule has 1 unspecified atom stereocenters. The molecule has 1 atom stereocenters. The molecule has 0 spiro atoms. The molecule has 0 aliphatic carbocycles. The zero-order valence-electron chi connectivity index (χ0n) is 12.4. The number of aromatic nitrogens is 1. The van der Waals surface area contributed by atoms with Crippen LogP contribution < -0.4 is 11.1 Å². The topological polar surface area (TPSA) is 71.2 Å². The number of aryl methyl sites for hydroxylation is 1. The zero-order chi connectivity index (χ0) is 15.1. The molecule has 0 fully saturated rings. The minimum atomic E-state index is -0.0112. The summed E-state index contributed by atoms with van der Waals surface area (Å²) < 4.78 is 0. The van der Waals surface area contributed by atoms with Crippen LogP contribution in [0.3, 0.4) is 0 Å². The Labute approximate surface area is 126 Å². The van der Waals surface area contributed by atoms with Gasteiger partial charge in [0, 0.05) is 18.2 Å². The fourth-order valence-corrected chi connectivity index (χ4v) is 2.24. The lowest BCUT2D eigenvalue weighted by molar-refractivity contribution is 0.279. The molecule has 112 valence electrons. The van der Waals surface area contributed by atoms with Gasteiger partial charge in [0.1, 0.15) is 5.82 Å². The first-order chi connectivity index (χ1) is 10.2. The Bertz CT molecular complexity index is 557. The summed E-state index contributed by atoms with van der Waals surface area (Å²) >= 11 is 0. The van der Waals surface area contributed by atoms with Gasteiger partial charge in [0.2, 0.25) is 0 Å². The van der Waals surface area contributed by atoms with Crippen LogP contribution in [0.5, 0.6) is 0 Å². The summed E-state index contributed by atoms with van der Waals surface area (Å²) in [4.78, 5) is 4.29. The lowest BCUT2D eigenvalue weighted by Crippen LogP contribution is -2.27. The van der Waals surface area contributed by atoms with Gasteiger partial charge >= 0.3 is 0 Å². The number of nitrogens with one attached hydrogen (secondary N) is 1. The Kier molecular flexibility index (Phi) is 5.72. The van der Waals surface area contributed by atoms with Gasteiger partial charge in [-0.05, 0) is 31.4 Å². The van der Waals surface area contributed by atoms with Crippen molar-refractivity contribution in [2.75, 3.05) is 5.73 Å². The Morgan fingerprint density at radius 1 is 1.19 bits per heavy atom. The third-order valence-corrected chi connectivity index (χ3v) is 3.59. The highest BCUT2D eigenvalue weighted by Gasteiger charge is 2.07. The summed E-state index contributed by atoms with van der Waals surface area (Å²) in [6.07, 6.45) is 2.10. The van der Waals surface area contributed by atoms with Crippen molar-refractivity contribution in [2.45, 2.75) is 39.0 Å². The first-order valence-electron chi connectivity index (χ1n) is 7.31. The Morgan fingerprint density at radius 2 is 1.95 bits per heavy atom. The number of hydrogen-bond acceptors (Lipinski definition) is 4. The van der Waals surface area contributed by atoms with Gasteiger partial charge in [-0.3, -0.25) is 0 Å². The standard InChI is InChI=1S/C17H23N3O/c1-13(7-8-14-5-3-2-4-6-14)19-11-16-15(12-21)9-10-17(18)20-16/h2-6,9-10,13,19,21H,7-8,11-12H2,1H3,(H2,18,20).